The molecular weight excluding hydrogens is 298 g/mol. The summed E-state index contributed by atoms with van der Waals surface area (Å²) < 4.78 is 32.9. The van der Waals surface area contributed by atoms with Crippen LogP contribution < -0.4 is 9.46 Å². The summed E-state index contributed by atoms with van der Waals surface area (Å²) in [4.78, 5) is 0.290. The fraction of sp³-hybridized carbons (Fsp3) is 0.294. The Balaban J connectivity index is 2.23. The number of ether oxygens (including phenoxy) is 1. The van der Waals surface area contributed by atoms with E-state index in [0.717, 1.165) is 16.7 Å². The molecule has 0 aliphatic carbocycles. The van der Waals surface area contributed by atoms with Gasteiger partial charge in [-0.3, -0.25) is 0 Å². The molecule has 0 saturated carbocycles. The van der Waals surface area contributed by atoms with Crippen LogP contribution in [0.3, 0.4) is 0 Å². The smallest absolute Gasteiger partial charge is 0.241 e. The summed E-state index contributed by atoms with van der Waals surface area (Å²) in [5, 5.41) is 0. The van der Waals surface area contributed by atoms with Crippen LogP contribution in [-0.2, 0) is 16.6 Å². The molecule has 0 amide bonds. The van der Waals surface area contributed by atoms with Crippen molar-refractivity contribution in [1.29, 1.82) is 0 Å². The second kappa shape index (κ2) is 6.50. The summed E-state index contributed by atoms with van der Waals surface area (Å²) in [6.45, 7) is 5.87. The number of sulfonamides is 1. The molecule has 0 saturated heterocycles. The van der Waals surface area contributed by atoms with Crippen LogP contribution in [0.15, 0.2) is 41.3 Å². The second-order valence-corrected chi connectivity index (χ2v) is 7.13. The van der Waals surface area contributed by atoms with Gasteiger partial charge in [0.1, 0.15) is 5.75 Å². The van der Waals surface area contributed by atoms with Gasteiger partial charge in [0.05, 0.1) is 12.0 Å². The monoisotopic (exact) mass is 319 g/mol. The highest BCUT2D eigenvalue weighted by Crippen LogP contribution is 2.25. The lowest BCUT2D eigenvalue weighted by Gasteiger charge is -2.13. The van der Waals surface area contributed by atoms with Gasteiger partial charge in [-0.25, -0.2) is 13.1 Å². The molecule has 0 heterocycles. The van der Waals surface area contributed by atoms with Crippen LogP contribution in [0.5, 0.6) is 5.75 Å². The largest absolute Gasteiger partial charge is 0.496 e. The number of rotatable bonds is 5. The fourth-order valence-electron chi connectivity index (χ4n) is 2.23. The van der Waals surface area contributed by atoms with Crippen molar-refractivity contribution in [1.82, 2.24) is 4.72 Å². The minimum absolute atomic E-state index is 0.271. The number of aryl methyl sites for hydroxylation is 3. The summed E-state index contributed by atoms with van der Waals surface area (Å²) in [7, 11) is -1.98. The Morgan fingerprint density at radius 3 is 2.23 bits per heavy atom. The van der Waals surface area contributed by atoms with Gasteiger partial charge < -0.3 is 4.74 Å². The average Bonchev–Trinajstić information content (AvgIpc) is 2.48. The van der Waals surface area contributed by atoms with E-state index in [-0.39, 0.29) is 11.4 Å². The SMILES string of the molecule is COc1cc(C)c(S(=O)(=O)NCc2ccc(C)cc2)cc1C. The maximum absolute atomic E-state index is 12.5. The Kier molecular flexibility index (Phi) is 4.88. The van der Waals surface area contributed by atoms with Crippen LogP contribution in [0.25, 0.3) is 0 Å². The first-order valence-corrected chi connectivity index (χ1v) is 8.52. The molecule has 1 N–H and O–H groups in total. The third-order valence-corrected chi connectivity index (χ3v) is 5.11. The van der Waals surface area contributed by atoms with Crippen LogP contribution in [0.2, 0.25) is 0 Å². The lowest BCUT2D eigenvalue weighted by Crippen LogP contribution is -2.24. The molecule has 2 rings (SSSR count). The average molecular weight is 319 g/mol. The van der Waals surface area contributed by atoms with Gasteiger partial charge in [0.2, 0.25) is 10.0 Å². The van der Waals surface area contributed by atoms with Crippen LogP contribution in [0.1, 0.15) is 22.3 Å². The van der Waals surface area contributed by atoms with Gasteiger partial charge in [-0.05, 0) is 49.6 Å². The van der Waals surface area contributed by atoms with E-state index in [1.54, 1.807) is 26.2 Å². The predicted molar refractivity (Wildman–Crippen MR) is 87.7 cm³/mol. The van der Waals surface area contributed by atoms with E-state index in [0.29, 0.717) is 11.3 Å². The zero-order valence-corrected chi connectivity index (χ0v) is 14.1. The number of benzene rings is 2. The van der Waals surface area contributed by atoms with Gasteiger partial charge in [-0.15, -0.1) is 0 Å². The van der Waals surface area contributed by atoms with Crippen molar-refractivity contribution < 1.29 is 13.2 Å². The van der Waals surface area contributed by atoms with E-state index in [1.807, 2.05) is 38.1 Å². The maximum atomic E-state index is 12.5. The Labute approximate surface area is 132 Å². The van der Waals surface area contributed by atoms with E-state index < -0.39 is 10.0 Å². The highest BCUT2D eigenvalue weighted by Gasteiger charge is 2.18. The standard InChI is InChI=1S/C17H21NO3S/c1-12-5-7-15(8-6-12)11-18-22(19,20)17-10-13(2)16(21-4)9-14(17)3/h5-10,18H,11H2,1-4H3. The molecular formula is C17H21NO3S. The lowest BCUT2D eigenvalue weighted by atomic mass is 10.1. The normalized spacial score (nSPS) is 11.5. The minimum Gasteiger partial charge on any atom is -0.496 e. The van der Waals surface area contributed by atoms with Crippen LogP contribution in [0, 0.1) is 20.8 Å². The fourth-order valence-corrected chi connectivity index (χ4v) is 3.56. The second-order valence-electron chi connectivity index (χ2n) is 5.40. The van der Waals surface area contributed by atoms with Crippen molar-refractivity contribution >= 4 is 10.0 Å². The van der Waals surface area contributed by atoms with Gasteiger partial charge in [-0.2, -0.15) is 0 Å². The zero-order valence-electron chi connectivity index (χ0n) is 13.3. The Morgan fingerprint density at radius 1 is 1.00 bits per heavy atom. The molecule has 0 spiro atoms. The van der Waals surface area contributed by atoms with E-state index >= 15 is 0 Å². The summed E-state index contributed by atoms with van der Waals surface area (Å²) >= 11 is 0. The summed E-state index contributed by atoms with van der Waals surface area (Å²) in [6.07, 6.45) is 0. The first kappa shape index (κ1) is 16.5. The van der Waals surface area contributed by atoms with E-state index in [2.05, 4.69) is 4.72 Å². The molecule has 4 nitrogen and oxygen atoms in total. The molecule has 0 aliphatic heterocycles. The van der Waals surface area contributed by atoms with Crippen molar-refractivity contribution in [3.8, 4) is 5.75 Å². The number of hydrogen-bond donors (Lipinski definition) is 1. The maximum Gasteiger partial charge on any atom is 0.241 e. The highest BCUT2D eigenvalue weighted by molar-refractivity contribution is 7.89. The Morgan fingerprint density at radius 2 is 1.64 bits per heavy atom. The van der Waals surface area contributed by atoms with Crippen molar-refractivity contribution in [3.05, 3.63) is 58.7 Å². The molecule has 0 atom stereocenters. The number of nitrogens with one attached hydrogen (secondary N) is 1. The van der Waals surface area contributed by atoms with Crippen molar-refractivity contribution in [3.63, 3.8) is 0 Å². The topological polar surface area (TPSA) is 55.4 Å². The molecule has 0 fully saturated rings. The lowest BCUT2D eigenvalue weighted by molar-refractivity contribution is 0.411. The molecule has 22 heavy (non-hydrogen) atoms. The predicted octanol–water partition coefficient (Wildman–Crippen LogP) is 3.10. The molecule has 2 aromatic rings. The molecule has 5 heteroatoms. The molecule has 0 radical (unpaired) electrons. The van der Waals surface area contributed by atoms with E-state index in [9.17, 15) is 8.42 Å². The first-order valence-electron chi connectivity index (χ1n) is 7.04. The summed E-state index contributed by atoms with van der Waals surface area (Å²) in [5.41, 5.74) is 3.54. The summed E-state index contributed by atoms with van der Waals surface area (Å²) in [5.74, 6) is 0.690. The summed E-state index contributed by atoms with van der Waals surface area (Å²) in [6, 6.07) is 11.2. The van der Waals surface area contributed by atoms with Gasteiger partial charge >= 0.3 is 0 Å². The molecule has 2 aromatic carbocycles. The Bertz CT molecular complexity index is 765. The van der Waals surface area contributed by atoms with E-state index in [4.69, 9.17) is 4.74 Å². The highest BCUT2D eigenvalue weighted by atomic mass is 32.2. The molecule has 0 bridgehead atoms. The van der Waals surface area contributed by atoms with Gasteiger partial charge in [-0.1, -0.05) is 29.8 Å². The van der Waals surface area contributed by atoms with E-state index in [1.165, 1.54) is 0 Å². The molecule has 118 valence electrons. The molecule has 0 aliphatic rings. The number of methoxy groups -OCH3 is 1. The third kappa shape index (κ3) is 3.67. The quantitative estimate of drug-likeness (QED) is 0.921. The first-order chi connectivity index (χ1) is 10.3. The van der Waals surface area contributed by atoms with Gasteiger partial charge in [0.25, 0.3) is 0 Å². The molecule has 0 unspecified atom stereocenters. The van der Waals surface area contributed by atoms with Gasteiger partial charge in [0, 0.05) is 6.54 Å². The zero-order chi connectivity index (χ0) is 16.3. The van der Waals surface area contributed by atoms with Crippen molar-refractivity contribution in [2.24, 2.45) is 0 Å². The van der Waals surface area contributed by atoms with Gasteiger partial charge in [0.15, 0.2) is 0 Å². The van der Waals surface area contributed by atoms with Crippen LogP contribution in [0.4, 0.5) is 0 Å². The minimum atomic E-state index is -3.55. The Hall–Kier alpha value is -1.85. The molecule has 0 aromatic heterocycles. The van der Waals surface area contributed by atoms with Crippen LogP contribution >= 0.6 is 0 Å². The van der Waals surface area contributed by atoms with Crippen LogP contribution in [-0.4, -0.2) is 15.5 Å². The van der Waals surface area contributed by atoms with Crippen molar-refractivity contribution in [2.45, 2.75) is 32.2 Å². The number of hydrogen-bond acceptors (Lipinski definition) is 3. The third-order valence-electron chi connectivity index (χ3n) is 3.57. The van der Waals surface area contributed by atoms with Crippen molar-refractivity contribution in [2.75, 3.05) is 7.11 Å².